The zero-order valence-corrected chi connectivity index (χ0v) is 12.2. The maximum Gasteiger partial charge on any atom is 0.270 e. The minimum absolute atomic E-state index is 0.0389. The second-order valence-electron chi connectivity index (χ2n) is 4.79. The van der Waals surface area contributed by atoms with Gasteiger partial charge in [-0.15, -0.1) is 0 Å². The number of nitrogens with one attached hydrogen (secondary N) is 1. The molecule has 20 heavy (non-hydrogen) atoms. The third-order valence-corrected chi connectivity index (χ3v) is 5.58. The van der Waals surface area contributed by atoms with Crippen molar-refractivity contribution in [3.8, 4) is 0 Å². The van der Waals surface area contributed by atoms with Crippen molar-refractivity contribution < 1.29 is 13.3 Å². The fourth-order valence-electron chi connectivity index (χ4n) is 2.43. The fraction of sp³-hybridized carbons (Fsp3) is 0.500. The van der Waals surface area contributed by atoms with Gasteiger partial charge in [-0.1, -0.05) is 0 Å². The molecular formula is C12H17N3O4S. The first-order chi connectivity index (χ1) is 9.37. The van der Waals surface area contributed by atoms with Gasteiger partial charge in [0.2, 0.25) is 10.0 Å². The Bertz CT molecular complexity index is 630. The summed E-state index contributed by atoms with van der Waals surface area (Å²) in [5.41, 5.74) is 0.143. The minimum atomic E-state index is -3.72. The van der Waals surface area contributed by atoms with Crippen molar-refractivity contribution in [3.63, 3.8) is 0 Å². The summed E-state index contributed by atoms with van der Waals surface area (Å²) < 4.78 is 26.7. The summed E-state index contributed by atoms with van der Waals surface area (Å²) >= 11 is 0. The summed E-state index contributed by atoms with van der Waals surface area (Å²) in [5, 5.41) is 13.6. The molecule has 0 radical (unpaired) electrons. The van der Waals surface area contributed by atoms with Crippen LogP contribution in [0.5, 0.6) is 0 Å². The monoisotopic (exact) mass is 299 g/mol. The third kappa shape index (κ3) is 2.48. The number of hydrogen-bond acceptors (Lipinski definition) is 5. The molecule has 1 heterocycles. The highest BCUT2D eigenvalue weighted by molar-refractivity contribution is 7.89. The molecule has 1 aliphatic heterocycles. The van der Waals surface area contributed by atoms with Crippen molar-refractivity contribution in [1.82, 2.24) is 4.31 Å². The molecule has 1 saturated heterocycles. The summed E-state index contributed by atoms with van der Waals surface area (Å²) in [5.74, 6) is 0. The van der Waals surface area contributed by atoms with Crippen LogP contribution in [0.2, 0.25) is 0 Å². The number of hydrogen-bond donors (Lipinski definition) is 1. The van der Waals surface area contributed by atoms with Gasteiger partial charge in [0, 0.05) is 31.8 Å². The van der Waals surface area contributed by atoms with Crippen molar-refractivity contribution in [2.75, 3.05) is 18.9 Å². The lowest BCUT2D eigenvalue weighted by Crippen LogP contribution is -2.34. The Balaban J connectivity index is 2.54. The van der Waals surface area contributed by atoms with E-state index >= 15 is 0 Å². The number of benzene rings is 1. The van der Waals surface area contributed by atoms with Crippen molar-refractivity contribution in [3.05, 3.63) is 28.3 Å². The van der Waals surface area contributed by atoms with E-state index < -0.39 is 14.9 Å². The number of anilines is 1. The van der Waals surface area contributed by atoms with Crippen LogP contribution >= 0.6 is 0 Å². The summed E-state index contributed by atoms with van der Waals surface area (Å²) in [4.78, 5) is 10.2. The Labute approximate surface area is 117 Å². The fourth-order valence-corrected chi connectivity index (χ4v) is 4.35. The van der Waals surface area contributed by atoms with E-state index in [9.17, 15) is 18.5 Å². The van der Waals surface area contributed by atoms with E-state index in [1.54, 1.807) is 7.05 Å². The molecule has 1 atom stereocenters. The molecule has 0 aromatic heterocycles. The van der Waals surface area contributed by atoms with Crippen LogP contribution in [0.4, 0.5) is 11.4 Å². The average Bonchev–Trinajstić information content (AvgIpc) is 2.84. The van der Waals surface area contributed by atoms with Crippen molar-refractivity contribution in [1.29, 1.82) is 0 Å². The molecule has 0 amide bonds. The van der Waals surface area contributed by atoms with E-state index in [4.69, 9.17) is 0 Å². The van der Waals surface area contributed by atoms with Crippen LogP contribution in [0.15, 0.2) is 23.1 Å². The lowest BCUT2D eigenvalue weighted by atomic mass is 10.3. The molecule has 0 saturated carbocycles. The Kier molecular flexibility index (Phi) is 3.96. The number of sulfonamides is 1. The number of rotatable bonds is 4. The molecule has 0 spiro atoms. The Morgan fingerprint density at radius 1 is 1.45 bits per heavy atom. The highest BCUT2D eigenvalue weighted by atomic mass is 32.2. The Hall–Kier alpha value is -1.67. The molecule has 1 aromatic carbocycles. The number of nitro benzene ring substituents is 1. The van der Waals surface area contributed by atoms with E-state index in [0.717, 1.165) is 18.9 Å². The molecule has 7 nitrogen and oxygen atoms in total. The zero-order chi connectivity index (χ0) is 14.9. The summed E-state index contributed by atoms with van der Waals surface area (Å²) in [6.07, 6.45) is 1.62. The van der Waals surface area contributed by atoms with Crippen LogP contribution in [0.1, 0.15) is 19.8 Å². The second-order valence-corrected chi connectivity index (χ2v) is 6.65. The molecule has 1 unspecified atom stereocenters. The SMILES string of the molecule is CNc1ccc([N+](=O)[O-])cc1S(=O)(=O)N1CCCC1C. The summed E-state index contributed by atoms with van der Waals surface area (Å²) in [6, 6.07) is 3.75. The quantitative estimate of drug-likeness (QED) is 0.676. The Morgan fingerprint density at radius 2 is 2.15 bits per heavy atom. The van der Waals surface area contributed by atoms with E-state index in [1.807, 2.05) is 6.92 Å². The van der Waals surface area contributed by atoms with Gasteiger partial charge in [-0.25, -0.2) is 8.42 Å². The van der Waals surface area contributed by atoms with Crippen molar-refractivity contribution in [2.45, 2.75) is 30.7 Å². The van der Waals surface area contributed by atoms with Crippen molar-refractivity contribution in [2.24, 2.45) is 0 Å². The van der Waals surface area contributed by atoms with Crippen LogP contribution in [-0.4, -0.2) is 37.3 Å². The summed E-state index contributed by atoms with van der Waals surface area (Å²) in [6.45, 7) is 2.30. The molecule has 8 heteroatoms. The molecule has 110 valence electrons. The lowest BCUT2D eigenvalue weighted by Gasteiger charge is -2.22. The zero-order valence-electron chi connectivity index (χ0n) is 11.4. The number of nitrogens with zero attached hydrogens (tertiary/aromatic N) is 2. The van der Waals surface area contributed by atoms with E-state index in [2.05, 4.69) is 5.32 Å². The molecule has 1 fully saturated rings. The third-order valence-electron chi connectivity index (χ3n) is 3.52. The Morgan fingerprint density at radius 3 is 2.65 bits per heavy atom. The first kappa shape index (κ1) is 14.7. The topological polar surface area (TPSA) is 92.5 Å². The predicted molar refractivity (Wildman–Crippen MR) is 75.2 cm³/mol. The summed E-state index contributed by atoms with van der Waals surface area (Å²) in [7, 11) is -2.13. The molecule has 0 aliphatic carbocycles. The van der Waals surface area contributed by atoms with Crippen LogP contribution in [-0.2, 0) is 10.0 Å². The smallest absolute Gasteiger partial charge is 0.270 e. The first-order valence-corrected chi connectivity index (χ1v) is 7.80. The molecule has 1 N–H and O–H groups in total. The van der Waals surface area contributed by atoms with E-state index in [0.29, 0.717) is 12.2 Å². The first-order valence-electron chi connectivity index (χ1n) is 6.36. The van der Waals surface area contributed by atoms with Gasteiger partial charge in [-0.2, -0.15) is 4.31 Å². The highest BCUT2D eigenvalue weighted by Crippen LogP contribution is 2.32. The predicted octanol–water partition coefficient (Wildman–Crippen LogP) is 1.81. The standard InChI is InChI=1S/C12H17N3O4S/c1-9-4-3-7-14(9)20(18,19)12-8-10(15(16)17)5-6-11(12)13-2/h5-6,8-9,13H,3-4,7H2,1-2H3. The average molecular weight is 299 g/mol. The second kappa shape index (κ2) is 5.37. The van der Waals surface area contributed by atoms with Gasteiger partial charge in [-0.05, 0) is 25.8 Å². The van der Waals surface area contributed by atoms with Gasteiger partial charge in [0.1, 0.15) is 4.90 Å². The number of nitro groups is 1. The molecule has 2 rings (SSSR count). The highest BCUT2D eigenvalue weighted by Gasteiger charge is 2.34. The van der Waals surface area contributed by atoms with Crippen LogP contribution in [0.3, 0.4) is 0 Å². The molecule has 0 bridgehead atoms. The van der Waals surface area contributed by atoms with Crippen molar-refractivity contribution >= 4 is 21.4 Å². The molecular weight excluding hydrogens is 282 g/mol. The maximum absolute atomic E-state index is 12.7. The molecule has 1 aromatic rings. The van der Waals surface area contributed by atoms with Crippen LogP contribution in [0, 0.1) is 10.1 Å². The largest absolute Gasteiger partial charge is 0.387 e. The van der Waals surface area contributed by atoms with E-state index in [-0.39, 0.29) is 16.6 Å². The lowest BCUT2D eigenvalue weighted by molar-refractivity contribution is -0.385. The van der Waals surface area contributed by atoms with Crippen LogP contribution < -0.4 is 5.32 Å². The van der Waals surface area contributed by atoms with E-state index in [1.165, 1.54) is 16.4 Å². The van der Waals surface area contributed by atoms with Gasteiger partial charge in [0.05, 0.1) is 10.6 Å². The van der Waals surface area contributed by atoms with Gasteiger partial charge in [0.15, 0.2) is 0 Å². The maximum atomic E-state index is 12.7. The number of non-ortho nitro benzene ring substituents is 1. The minimum Gasteiger partial charge on any atom is -0.387 e. The molecule has 1 aliphatic rings. The normalized spacial score (nSPS) is 20.0. The van der Waals surface area contributed by atoms with Gasteiger partial charge < -0.3 is 5.32 Å². The van der Waals surface area contributed by atoms with Gasteiger partial charge in [-0.3, -0.25) is 10.1 Å². The van der Waals surface area contributed by atoms with Gasteiger partial charge in [0.25, 0.3) is 5.69 Å². The van der Waals surface area contributed by atoms with Crippen LogP contribution in [0.25, 0.3) is 0 Å². The van der Waals surface area contributed by atoms with Gasteiger partial charge >= 0.3 is 0 Å².